The molecule has 1 aliphatic carbocycles. The second-order valence-corrected chi connectivity index (χ2v) is 5.67. The highest BCUT2D eigenvalue weighted by molar-refractivity contribution is 5.15. The van der Waals surface area contributed by atoms with Crippen LogP contribution in [0.5, 0.6) is 0 Å². The second-order valence-electron chi connectivity index (χ2n) is 5.67. The van der Waals surface area contributed by atoms with Crippen LogP contribution in [0, 0.1) is 0 Å². The number of hydrogen-bond acceptors (Lipinski definition) is 2. The van der Waals surface area contributed by atoms with Crippen molar-refractivity contribution in [2.75, 3.05) is 13.6 Å². The lowest BCUT2D eigenvalue weighted by Crippen LogP contribution is -2.48. The van der Waals surface area contributed by atoms with Gasteiger partial charge in [-0.15, -0.1) is 0 Å². The number of nitrogens with two attached hydrogens (primary N) is 1. The summed E-state index contributed by atoms with van der Waals surface area (Å²) in [6.07, 6.45) is 7.88. The summed E-state index contributed by atoms with van der Waals surface area (Å²) in [7, 11) is 2.27. The van der Waals surface area contributed by atoms with E-state index in [4.69, 9.17) is 5.73 Å². The highest BCUT2D eigenvalue weighted by Crippen LogP contribution is 2.36. The Hall–Kier alpha value is -0.860. The van der Waals surface area contributed by atoms with Crippen LogP contribution < -0.4 is 5.73 Å². The van der Waals surface area contributed by atoms with Crippen LogP contribution in [-0.2, 0) is 6.54 Å². The van der Waals surface area contributed by atoms with Gasteiger partial charge in [-0.3, -0.25) is 4.90 Å². The van der Waals surface area contributed by atoms with E-state index in [-0.39, 0.29) is 0 Å². The summed E-state index contributed by atoms with van der Waals surface area (Å²) in [4.78, 5) is 2.55. The molecule has 0 radical (unpaired) electrons. The van der Waals surface area contributed by atoms with Gasteiger partial charge in [0.05, 0.1) is 0 Å². The molecule has 0 bridgehead atoms. The van der Waals surface area contributed by atoms with Gasteiger partial charge in [-0.25, -0.2) is 0 Å². The molecule has 2 heteroatoms. The Morgan fingerprint density at radius 2 is 1.78 bits per heavy atom. The number of hydrogen-bond donors (Lipinski definition) is 1. The van der Waals surface area contributed by atoms with Crippen molar-refractivity contribution < 1.29 is 0 Å². The number of rotatable bonds is 5. The van der Waals surface area contributed by atoms with Crippen LogP contribution in [0.15, 0.2) is 30.3 Å². The maximum atomic E-state index is 5.85. The predicted molar refractivity (Wildman–Crippen MR) is 77.4 cm³/mol. The number of nitrogens with zero attached hydrogens (tertiary/aromatic N) is 1. The minimum absolute atomic E-state index is 0.350. The molecule has 1 fully saturated rings. The zero-order valence-electron chi connectivity index (χ0n) is 11.6. The third-order valence-corrected chi connectivity index (χ3v) is 4.47. The molecule has 100 valence electrons. The molecule has 2 rings (SSSR count). The molecule has 2 N–H and O–H groups in total. The molecule has 18 heavy (non-hydrogen) atoms. The summed E-state index contributed by atoms with van der Waals surface area (Å²) in [5, 5.41) is 0. The van der Waals surface area contributed by atoms with Crippen molar-refractivity contribution in [3.8, 4) is 0 Å². The number of benzene rings is 1. The summed E-state index contributed by atoms with van der Waals surface area (Å²) in [6, 6.07) is 10.8. The van der Waals surface area contributed by atoms with Crippen molar-refractivity contribution in [3.05, 3.63) is 35.9 Å². The Morgan fingerprint density at radius 1 is 1.11 bits per heavy atom. The molecular weight excluding hydrogens is 220 g/mol. The summed E-state index contributed by atoms with van der Waals surface area (Å²) in [6.45, 7) is 1.85. The highest BCUT2D eigenvalue weighted by Gasteiger charge is 2.34. The van der Waals surface area contributed by atoms with Gasteiger partial charge in [0.25, 0.3) is 0 Å². The standard InChI is InChI=1S/C16H26N2/c1-18(14-15-8-4-2-5-9-15)16(12-13-17)10-6-3-7-11-16/h2,4-5,8-9H,3,6-7,10-14,17H2,1H3. The first-order valence-corrected chi connectivity index (χ1v) is 7.22. The van der Waals surface area contributed by atoms with Gasteiger partial charge in [-0.05, 0) is 38.4 Å². The summed E-state index contributed by atoms with van der Waals surface area (Å²) < 4.78 is 0. The fraction of sp³-hybridized carbons (Fsp3) is 0.625. The minimum Gasteiger partial charge on any atom is -0.330 e. The highest BCUT2D eigenvalue weighted by atomic mass is 15.2. The van der Waals surface area contributed by atoms with Crippen molar-refractivity contribution in [2.45, 2.75) is 50.6 Å². The van der Waals surface area contributed by atoms with Crippen LogP contribution in [0.4, 0.5) is 0 Å². The Morgan fingerprint density at radius 3 is 2.39 bits per heavy atom. The lowest BCUT2D eigenvalue weighted by molar-refractivity contribution is 0.0616. The van der Waals surface area contributed by atoms with Gasteiger partial charge in [0.1, 0.15) is 0 Å². The van der Waals surface area contributed by atoms with Gasteiger partial charge < -0.3 is 5.73 Å². The summed E-state index contributed by atoms with van der Waals surface area (Å²) in [5.41, 5.74) is 7.60. The smallest absolute Gasteiger partial charge is 0.0236 e. The molecule has 0 aliphatic heterocycles. The molecule has 0 spiro atoms. The van der Waals surface area contributed by atoms with Crippen LogP contribution in [0.2, 0.25) is 0 Å². The Kier molecular flexibility index (Phi) is 4.79. The van der Waals surface area contributed by atoms with E-state index in [1.165, 1.54) is 37.7 Å². The van der Waals surface area contributed by atoms with Gasteiger partial charge in [0.15, 0.2) is 0 Å². The Balaban J connectivity index is 2.05. The fourth-order valence-electron chi connectivity index (χ4n) is 3.33. The molecule has 1 aromatic rings. The predicted octanol–water partition coefficient (Wildman–Crippen LogP) is 3.17. The molecular formula is C16H26N2. The van der Waals surface area contributed by atoms with Gasteiger partial charge in [0, 0.05) is 12.1 Å². The van der Waals surface area contributed by atoms with Crippen LogP contribution in [0.25, 0.3) is 0 Å². The first kappa shape index (κ1) is 13.6. The Bertz CT molecular complexity index is 336. The zero-order chi connectivity index (χ0) is 12.8. The van der Waals surface area contributed by atoms with Crippen LogP contribution in [0.3, 0.4) is 0 Å². The summed E-state index contributed by atoms with van der Waals surface area (Å²) in [5.74, 6) is 0. The first-order valence-electron chi connectivity index (χ1n) is 7.22. The molecule has 0 amide bonds. The van der Waals surface area contributed by atoms with Crippen molar-refractivity contribution >= 4 is 0 Å². The van der Waals surface area contributed by atoms with E-state index in [1.54, 1.807) is 0 Å². The van der Waals surface area contributed by atoms with Crippen molar-refractivity contribution in [2.24, 2.45) is 5.73 Å². The van der Waals surface area contributed by atoms with Gasteiger partial charge >= 0.3 is 0 Å². The average Bonchev–Trinajstić information content (AvgIpc) is 2.41. The maximum Gasteiger partial charge on any atom is 0.0236 e. The maximum absolute atomic E-state index is 5.85. The van der Waals surface area contributed by atoms with Gasteiger partial charge in [0.2, 0.25) is 0 Å². The molecule has 0 heterocycles. The first-order chi connectivity index (χ1) is 8.77. The van der Waals surface area contributed by atoms with Gasteiger partial charge in [-0.2, -0.15) is 0 Å². The SMILES string of the molecule is CN(Cc1ccccc1)C1(CCN)CCCCC1. The van der Waals surface area contributed by atoms with Crippen molar-refractivity contribution in [1.29, 1.82) is 0 Å². The lowest BCUT2D eigenvalue weighted by atomic mass is 9.78. The van der Waals surface area contributed by atoms with Crippen molar-refractivity contribution in [3.63, 3.8) is 0 Å². The molecule has 0 unspecified atom stereocenters. The molecule has 1 aromatic carbocycles. The van der Waals surface area contributed by atoms with E-state index in [1.807, 2.05) is 0 Å². The van der Waals surface area contributed by atoms with Crippen LogP contribution >= 0.6 is 0 Å². The largest absolute Gasteiger partial charge is 0.330 e. The minimum atomic E-state index is 0.350. The van der Waals surface area contributed by atoms with E-state index < -0.39 is 0 Å². The molecule has 2 nitrogen and oxygen atoms in total. The van der Waals surface area contributed by atoms with E-state index >= 15 is 0 Å². The monoisotopic (exact) mass is 246 g/mol. The third kappa shape index (κ3) is 3.12. The van der Waals surface area contributed by atoms with E-state index in [2.05, 4.69) is 42.3 Å². The zero-order valence-corrected chi connectivity index (χ0v) is 11.6. The fourth-order valence-corrected chi connectivity index (χ4v) is 3.33. The molecule has 1 saturated carbocycles. The topological polar surface area (TPSA) is 29.3 Å². The van der Waals surface area contributed by atoms with Crippen LogP contribution in [0.1, 0.15) is 44.1 Å². The van der Waals surface area contributed by atoms with Crippen molar-refractivity contribution in [1.82, 2.24) is 4.90 Å². The normalized spacial score (nSPS) is 19.1. The third-order valence-electron chi connectivity index (χ3n) is 4.47. The quantitative estimate of drug-likeness (QED) is 0.864. The van der Waals surface area contributed by atoms with E-state index in [9.17, 15) is 0 Å². The Labute approximate surface area is 111 Å². The lowest BCUT2D eigenvalue weighted by Gasteiger charge is -2.45. The second kappa shape index (κ2) is 6.35. The van der Waals surface area contributed by atoms with E-state index in [0.29, 0.717) is 5.54 Å². The molecule has 0 atom stereocenters. The van der Waals surface area contributed by atoms with Gasteiger partial charge in [-0.1, -0.05) is 49.6 Å². The molecule has 1 aliphatic rings. The summed E-state index contributed by atoms with van der Waals surface area (Å²) >= 11 is 0. The van der Waals surface area contributed by atoms with E-state index in [0.717, 1.165) is 19.5 Å². The van der Waals surface area contributed by atoms with Crippen LogP contribution in [-0.4, -0.2) is 24.0 Å². The average molecular weight is 246 g/mol. The molecule has 0 aromatic heterocycles. The molecule has 0 saturated heterocycles.